The molecule has 0 fully saturated rings. The van der Waals surface area contributed by atoms with E-state index in [2.05, 4.69) is 27.8 Å². The highest BCUT2D eigenvalue weighted by molar-refractivity contribution is 5.97. The monoisotopic (exact) mass is 452 g/mol. The zero-order chi connectivity index (χ0) is 24.4. The fraction of sp³-hybridized carbons (Fsp3) is 0.292. The van der Waals surface area contributed by atoms with Crippen LogP contribution in [0.4, 0.5) is 5.69 Å². The number of nitrogens with one attached hydrogen (secondary N) is 4. The first-order valence-corrected chi connectivity index (χ1v) is 10.4. The Morgan fingerprint density at radius 1 is 0.909 bits per heavy atom. The fourth-order valence-electron chi connectivity index (χ4n) is 2.69. The number of benzene rings is 2. The van der Waals surface area contributed by atoms with Crippen molar-refractivity contribution in [3.63, 3.8) is 0 Å². The largest absolute Gasteiger partial charge is 0.391 e. The van der Waals surface area contributed by atoms with E-state index in [1.807, 2.05) is 13.8 Å². The van der Waals surface area contributed by atoms with Gasteiger partial charge in [0.1, 0.15) is 6.04 Å². The summed E-state index contributed by atoms with van der Waals surface area (Å²) in [6.45, 7) is 5.50. The molecule has 6 N–H and O–H groups in total. The minimum absolute atomic E-state index is 0.122. The molecule has 0 bridgehead atoms. The van der Waals surface area contributed by atoms with E-state index in [1.165, 1.54) is 12.4 Å². The van der Waals surface area contributed by atoms with Gasteiger partial charge in [0.15, 0.2) is 0 Å². The molecule has 2 aromatic carbocycles. The maximum Gasteiger partial charge on any atom is 0.268 e. The Morgan fingerprint density at radius 2 is 1.45 bits per heavy atom. The lowest BCUT2D eigenvalue weighted by molar-refractivity contribution is -0.133. The highest BCUT2D eigenvalue weighted by Crippen LogP contribution is 2.10. The standard InChI is InChI=1S/C24H28N4O5/c1-15(2)25-14-21(30)26-20-12-8-18(9-13-20)5-4-17-6-10-19(11-7-17)23(31)27-22(16(3)29)24(32)28-33/h6-13,15-16,22,25,29,33H,14H2,1-3H3,(H,26,30)(H,27,31)(H,28,32). The van der Waals surface area contributed by atoms with Crippen LogP contribution in [0.25, 0.3) is 0 Å². The molecule has 0 saturated carbocycles. The van der Waals surface area contributed by atoms with Crippen molar-refractivity contribution in [2.24, 2.45) is 0 Å². The summed E-state index contributed by atoms with van der Waals surface area (Å²) in [4.78, 5) is 35.7. The first-order chi connectivity index (χ1) is 15.7. The summed E-state index contributed by atoms with van der Waals surface area (Å²) < 4.78 is 0. The van der Waals surface area contributed by atoms with Gasteiger partial charge in [-0.3, -0.25) is 19.6 Å². The molecule has 0 radical (unpaired) electrons. The molecule has 0 spiro atoms. The molecule has 9 nitrogen and oxygen atoms in total. The Bertz CT molecular complexity index is 1020. The summed E-state index contributed by atoms with van der Waals surface area (Å²) in [7, 11) is 0. The normalized spacial score (nSPS) is 12.2. The van der Waals surface area contributed by atoms with E-state index in [-0.39, 0.29) is 24.1 Å². The van der Waals surface area contributed by atoms with E-state index in [0.29, 0.717) is 11.3 Å². The van der Waals surface area contributed by atoms with Crippen LogP contribution in [0.1, 0.15) is 42.3 Å². The third-order valence-corrected chi connectivity index (χ3v) is 4.50. The number of anilines is 1. The van der Waals surface area contributed by atoms with Gasteiger partial charge in [-0.05, 0) is 55.5 Å². The number of hydroxylamine groups is 1. The maximum absolute atomic E-state index is 12.3. The average molecular weight is 453 g/mol. The fourth-order valence-corrected chi connectivity index (χ4v) is 2.69. The topological polar surface area (TPSA) is 140 Å². The zero-order valence-corrected chi connectivity index (χ0v) is 18.7. The van der Waals surface area contributed by atoms with E-state index in [0.717, 1.165) is 5.56 Å². The first-order valence-electron chi connectivity index (χ1n) is 10.4. The second-order valence-corrected chi connectivity index (χ2v) is 7.66. The van der Waals surface area contributed by atoms with Gasteiger partial charge >= 0.3 is 0 Å². The van der Waals surface area contributed by atoms with Crippen LogP contribution in [-0.4, -0.2) is 52.8 Å². The number of aliphatic hydroxyl groups is 1. The number of rotatable bonds is 8. The number of aliphatic hydroxyl groups excluding tert-OH is 1. The number of carbonyl (C=O) groups excluding carboxylic acids is 3. The molecule has 2 unspecified atom stereocenters. The van der Waals surface area contributed by atoms with Crippen LogP contribution in [-0.2, 0) is 9.59 Å². The average Bonchev–Trinajstić information content (AvgIpc) is 2.80. The number of amides is 3. The van der Waals surface area contributed by atoms with Crippen molar-refractivity contribution in [2.45, 2.75) is 39.0 Å². The van der Waals surface area contributed by atoms with Gasteiger partial charge in [-0.15, -0.1) is 0 Å². The lowest BCUT2D eigenvalue weighted by Gasteiger charge is -2.19. The van der Waals surface area contributed by atoms with Crippen LogP contribution in [0, 0.1) is 11.8 Å². The summed E-state index contributed by atoms with van der Waals surface area (Å²) in [5, 5.41) is 26.5. The maximum atomic E-state index is 12.3. The van der Waals surface area contributed by atoms with E-state index >= 15 is 0 Å². The zero-order valence-electron chi connectivity index (χ0n) is 18.7. The smallest absolute Gasteiger partial charge is 0.268 e. The van der Waals surface area contributed by atoms with Crippen molar-refractivity contribution < 1.29 is 24.7 Å². The van der Waals surface area contributed by atoms with Crippen LogP contribution in [0.2, 0.25) is 0 Å². The predicted octanol–water partition coefficient (Wildman–Crippen LogP) is 1.01. The highest BCUT2D eigenvalue weighted by Gasteiger charge is 2.25. The Hall–Kier alpha value is -3.71. The van der Waals surface area contributed by atoms with Crippen LogP contribution < -0.4 is 21.4 Å². The third kappa shape index (κ3) is 8.38. The SMILES string of the molecule is CC(C)NCC(=O)Nc1ccc(C#Cc2ccc(C(=O)NC(C(=O)NO)C(C)O)cc2)cc1. The van der Waals surface area contributed by atoms with Crippen LogP contribution in [0.5, 0.6) is 0 Å². The Labute approximate surface area is 192 Å². The van der Waals surface area contributed by atoms with Crippen LogP contribution >= 0.6 is 0 Å². The second kappa shape index (κ2) is 12.4. The molecule has 0 aliphatic rings. The van der Waals surface area contributed by atoms with Crippen LogP contribution in [0.15, 0.2) is 48.5 Å². The van der Waals surface area contributed by atoms with E-state index in [4.69, 9.17) is 5.21 Å². The summed E-state index contributed by atoms with van der Waals surface area (Å²) in [6, 6.07) is 12.5. The predicted molar refractivity (Wildman–Crippen MR) is 123 cm³/mol. The first kappa shape index (κ1) is 25.5. The van der Waals surface area contributed by atoms with E-state index in [9.17, 15) is 19.5 Å². The summed E-state index contributed by atoms with van der Waals surface area (Å²) in [5.41, 5.74) is 3.78. The molecule has 174 valence electrons. The van der Waals surface area contributed by atoms with Gasteiger partial charge in [-0.25, -0.2) is 5.48 Å². The van der Waals surface area contributed by atoms with Gasteiger partial charge in [0, 0.05) is 28.4 Å². The molecule has 33 heavy (non-hydrogen) atoms. The minimum atomic E-state index is -1.29. The highest BCUT2D eigenvalue weighted by atomic mass is 16.5. The van der Waals surface area contributed by atoms with Crippen molar-refractivity contribution in [1.29, 1.82) is 0 Å². The van der Waals surface area contributed by atoms with Crippen LogP contribution in [0.3, 0.4) is 0 Å². The molecule has 2 aromatic rings. The summed E-state index contributed by atoms with van der Waals surface area (Å²) in [5.74, 6) is 4.38. The van der Waals surface area contributed by atoms with Gasteiger partial charge in [-0.1, -0.05) is 25.7 Å². The minimum Gasteiger partial charge on any atom is -0.391 e. The molecule has 0 saturated heterocycles. The molecule has 9 heteroatoms. The van der Waals surface area contributed by atoms with E-state index < -0.39 is 24.0 Å². The number of carbonyl (C=O) groups is 3. The lowest BCUT2D eigenvalue weighted by Crippen LogP contribution is -2.51. The number of hydrogen-bond donors (Lipinski definition) is 6. The molecule has 0 aliphatic carbocycles. The van der Waals surface area contributed by atoms with Crippen molar-refractivity contribution >= 4 is 23.4 Å². The van der Waals surface area contributed by atoms with Crippen molar-refractivity contribution in [3.8, 4) is 11.8 Å². The van der Waals surface area contributed by atoms with Crippen molar-refractivity contribution in [2.75, 3.05) is 11.9 Å². The molecular formula is C24H28N4O5. The third-order valence-electron chi connectivity index (χ3n) is 4.50. The number of hydrogen-bond acceptors (Lipinski definition) is 6. The van der Waals surface area contributed by atoms with E-state index in [1.54, 1.807) is 48.5 Å². The Morgan fingerprint density at radius 3 is 1.94 bits per heavy atom. The molecule has 3 amide bonds. The molecule has 2 atom stereocenters. The molecular weight excluding hydrogens is 424 g/mol. The molecule has 2 rings (SSSR count). The second-order valence-electron chi connectivity index (χ2n) is 7.66. The van der Waals surface area contributed by atoms with Gasteiger partial charge in [0.25, 0.3) is 11.8 Å². The molecule has 0 heterocycles. The molecule has 0 aliphatic heterocycles. The summed E-state index contributed by atoms with van der Waals surface area (Å²) >= 11 is 0. The Kier molecular flexibility index (Phi) is 9.57. The van der Waals surface area contributed by atoms with Crippen molar-refractivity contribution in [3.05, 3.63) is 65.2 Å². The molecule has 0 aromatic heterocycles. The van der Waals surface area contributed by atoms with Gasteiger partial charge in [0.05, 0.1) is 12.6 Å². The van der Waals surface area contributed by atoms with Gasteiger partial charge in [0.2, 0.25) is 5.91 Å². The van der Waals surface area contributed by atoms with Crippen molar-refractivity contribution in [1.82, 2.24) is 16.1 Å². The Balaban J connectivity index is 1.97. The van der Waals surface area contributed by atoms with Gasteiger partial charge < -0.3 is 21.1 Å². The summed E-state index contributed by atoms with van der Waals surface area (Å²) in [6.07, 6.45) is -1.19. The lowest BCUT2D eigenvalue weighted by atomic mass is 10.1. The quantitative estimate of drug-likeness (QED) is 0.201. The van der Waals surface area contributed by atoms with Gasteiger partial charge in [-0.2, -0.15) is 0 Å².